The van der Waals surface area contributed by atoms with E-state index in [9.17, 15) is 18.3 Å². The average molecular weight is 346 g/mol. The second kappa shape index (κ2) is 7.54. The van der Waals surface area contributed by atoms with Gasteiger partial charge in [-0.25, -0.2) is 13.1 Å². The summed E-state index contributed by atoms with van der Waals surface area (Å²) in [5, 5.41) is 11.0. The highest BCUT2D eigenvalue weighted by molar-refractivity contribution is 7.91. The zero-order chi connectivity index (χ0) is 16.2. The Morgan fingerprint density at radius 1 is 1.50 bits per heavy atom. The first-order chi connectivity index (χ1) is 10.4. The molecule has 6 nitrogen and oxygen atoms in total. The molecule has 124 valence electrons. The number of carboxylic acid groups (broad SMARTS) is 1. The third-order valence-electron chi connectivity index (χ3n) is 3.90. The highest BCUT2D eigenvalue weighted by Crippen LogP contribution is 2.20. The Balaban J connectivity index is 1.91. The molecule has 8 heteroatoms. The van der Waals surface area contributed by atoms with Crippen LogP contribution in [0.5, 0.6) is 0 Å². The molecule has 0 amide bonds. The van der Waals surface area contributed by atoms with E-state index >= 15 is 0 Å². The van der Waals surface area contributed by atoms with Crippen LogP contribution in [0.15, 0.2) is 21.7 Å². The molecule has 22 heavy (non-hydrogen) atoms. The summed E-state index contributed by atoms with van der Waals surface area (Å²) in [6.07, 6.45) is 2.72. The monoisotopic (exact) mass is 346 g/mol. The minimum atomic E-state index is -3.45. The van der Waals surface area contributed by atoms with Gasteiger partial charge in [-0.05, 0) is 30.7 Å². The van der Waals surface area contributed by atoms with Crippen molar-refractivity contribution in [2.75, 3.05) is 13.1 Å². The summed E-state index contributed by atoms with van der Waals surface area (Å²) in [5.74, 6) is -0.792. The van der Waals surface area contributed by atoms with Gasteiger partial charge in [-0.15, -0.1) is 11.3 Å². The molecule has 1 aliphatic rings. The fraction of sp³-hybridized carbons (Fsp3) is 0.643. The Bertz CT molecular complexity index is 578. The van der Waals surface area contributed by atoms with Crippen LogP contribution in [0.4, 0.5) is 0 Å². The largest absolute Gasteiger partial charge is 0.480 e. The maximum absolute atomic E-state index is 12.2. The highest BCUT2D eigenvalue weighted by atomic mass is 32.2. The number of nitrogens with zero attached hydrogens (tertiary/aromatic N) is 1. The summed E-state index contributed by atoms with van der Waals surface area (Å²) in [6, 6.07) is 2.72. The van der Waals surface area contributed by atoms with Crippen LogP contribution in [0.3, 0.4) is 0 Å². The van der Waals surface area contributed by atoms with Gasteiger partial charge >= 0.3 is 5.97 Å². The lowest BCUT2D eigenvalue weighted by Crippen LogP contribution is -2.50. The predicted molar refractivity (Wildman–Crippen MR) is 85.6 cm³/mol. The van der Waals surface area contributed by atoms with Crippen molar-refractivity contribution < 1.29 is 18.3 Å². The summed E-state index contributed by atoms with van der Waals surface area (Å²) in [6.45, 7) is 3.18. The topological polar surface area (TPSA) is 86.7 Å². The molecule has 1 aromatic rings. The third-order valence-corrected chi connectivity index (χ3v) is 6.82. The van der Waals surface area contributed by atoms with E-state index in [2.05, 4.69) is 4.72 Å². The van der Waals surface area contributed by atoms with Crippen molar-refractivity contribution >= 4 is 27.3 Å². The van der Waals surface area contributed by atoms with E-state index in [0.29, 0.717) is 36.6 Å². The van der Waals surface area contributed by atoms with Gasteiger partial charge in [-0.2, -0.15) is 0 Å². The Hall–Kier alpha value is -0.960. The summed E-state index contributed by atoms with van der Waals surface area (Å²) < 4.78 is 27.4. The summed E-state index contributed by atoms with van der Waals surface area (Å²) in [7, 11) is -3.45. The number of sulfonamides is 1. The molecule has 1 unspecified atom stereocenters. The number of rotatable bonds is 7. The molecular formula is C14H22N2O4S2. The summed E-state index contributed by atoms with van der Waals surface area (Å²) in [4.78, 5) is 13.2. The van der Waals surface area contributed by atoms with E-state index in [4.69, 9.17) is 0 Å². The van der Waals surface area contributed by atoms with Crippen LogP contribution in [0.25, 0.3) is 0 Å². The van der Waals surface area contributed by atoms with Gasteiger partial charge in [0.1, 0.15) is 10.3 Å². The van der Waals surface area contributed by atoms with Crippen LogP contribution in [0.1, 0.15) is 32.6 Å². The van der Waals surface area contributed by atoms with E-state index in [-0.39, 0.29) is 6.04 Å². The molecule has 2 heterocycles. The Morgan fingerprint density at radius 2 is 2.18 bits per heavy atom. The molecule has 0 bridgehead atoms. The maximum atomic E-state index is 12.2. The molecule has 0 aromatic carbocycles. The number of aliphatic carboxylic acids is 1. The number of piperidine rings is 1. The Kier molecular flexibility index (Phi) is 5.96. The summed E-state index contributed by atoms with van der Waals surface area (Å²) in [5.41, 5.74) is 0. The Labute approximate surface area is 135 Å². The summed E-state index contributed by atoms with van der Waals surface area (Å²) >= 11 is 1.20. The highest BCUT2D eigenvalue weighted by Gasteiger charge is 2.30. The fourth-order valence-corrected chi connectivity index (χ4v) is 5.07. The predicted octanol–water partition coefficient (Wildman–Crippen LogP) is 1.74. The van der Waals surface area contributed by atoms with Crippen LogP contribution < -0.4 is 4.72 Å². The molecule has 1 aliphatic heterocycles. The molecule has 2 rings (SSSR count). The van der Waals surface area contributed by atoms with Crippen LogP contribution in [0, 0.1) is 0 Å². The van der Waals surface area contributed by atoms with Crippen LogP contribution in [0.2, 0.25) is 0 Å². The van der Waals surface area contributed by atoms with Crippen molar-refractivity contribution in [1.82, 2.24) is 9.62 Å². The molecule has 1 aromatic heterocycles. The smallest absolute Gasteiger partial charge is 0.320 e. The number of hydrogen-bond acceptors (Lipinski definition) is 5. The van der Waals surface area contributed by atoms with Gasteiger partial charge < -0.3 is 5.11 Å². The average Bonchev–Trinajstić information content (AvgIpc) is 3.00. The van der Waals surface area contributed by atoms with Crippen LogP contribution in [-0.2, 0) is 14.8 Å². The molecule has 0 radical (unpaired) electrons. The van der Waals surface area contributed by atoms with E-state index in [1.54, 1.807) is 17.5 Å². The third kappa shape index (κ3) is 4.28. The van der Waals surface area contributed by atoms with E-state index in [0.717, 1.165) is 6.42 Å². The molecule has 0 spiro atoms. The van der Waals surface area contributed by atoms with Crippen molar-refractivity contribution in [3.05, 3.63) is 17.5 Å². The number of likely N-dealkylation sites (tertiary alicyclic amines) is 1. The van der Waals surface area contributed by atoms with Crippen LogP contribution >= 0.6 is 11.3 Å². The van der Waals surface area contributed by atoms with E-state index in [1.165, 1.54) is 11.3 Å². The van der Waals surface area contributed by atoms with Crippen LogP contribution in [-0.4, -0.2) is 49.6 Å². The molecule has 1 fully saturated rings. The lowest BCUT2D eigenvalue weighted by Gasteiger charge is -2.35. The molecule has 2 N–H and O–H groups in total. The first-order valence-electron chi connectivity index (χ1n) is 7.46. The number of hydrogen-bond donors (Lipinski definition) is 2. The van der Waals surface area contributed by atoms with Crippen molar-refractivity contribution in [2.45, 2.75) is 48.9 Å². The van der Waals surface area contributed by atoms with Gasteiger partial charge in [0.05, 0.1) is 0 Å². The second-order valence-corrected chi connectivity index (χ2v) is 8.39. The van der Waals surface area contributed by atoms with E-state index < -0.39 is 22.0 Å². The lowest BCUT2D eigenvalue weighted by atomic mass is 10.0. The zero-order valence-electron chi connectivity index (χ0n) is 12.6. The molecule has 0 saturated carbocycles. The van der Waals surface area contributed by atoms with Crippen molar-refractivity contribution in [3.63, 3.8) is 0 Å². The normalized spacial score (nSPS) is 19.1. The van der Waals surface area contributed by atoms with Gasteiger partial charge in [0, 0.05) is 19.1 Å². The number of carbonyl (C=O) groups is 1. The standard InChI is InChI=1S/C14H22N2O4S2/c1-2-4-12(14(17)18)16-8-6-11(7-9-16)15-22(19,20)13-5-3-10-21-13/h3,5,10-12,15H,2,4,6-9H2,1H3,(H,17,18). The minimum Gasteiger partial charge on any atom is -0.480 e. The van der Waals surface area contributed by atoms with Crippen molar-refractivity contribution in [3.8, 4) is 0 Å². The first-order valence-corrected chi connectivity index (χ1v) is 9.83. The molecule has 1 saturated heterocycles. The van der Waals surface area contributed by atoms with Gasteiger partial charge in [0.25, 0.3) is 0 Å². The SMILES string of the molecule is CCCC(C(=O)O)N1CCC(NS(=O)(=O)c2cccs2)CC1. The quantitative estimate of drug-likeness (QED) is 0.785. The van der Waals surface area contributed by atoms with Gasteiger partial charge in [-0.3, -0.25) is 9.69 Å². The molecular weight excluding hydrogens is 324 g/mol. The fourth-order valence-electron chi connectivity index (χ4n) is 2.76. The Morgan fingerprint density at radius 3 is 2.68 bits per heavy atom. The van der Waals surface area contributed by atoms with Crippen molar-refractivity contribution in [2.24, 2.45) is 0 Å². The van der Waals surface area contributed by atoms with Crippen molar-refractivity contribution in [1.29, 1.82) is 0 Å². The second-order valence-electron chi connectivity index (χ2n) is 5.51. The molecule has 1 atom stereocenters. The van der Waals surface area contributed by atoms with Gasteiger partial charge in [0.2, 0.25) is 10.0 Å². The lowest BCUT2D eigenvalue weighted by molar-refractivity contribution is -0.144. The number of carboxylic acids is 1. The minimum absolute atomic E-state index is 0.126. The first kappa shape index (κ1) is 17.4. The van der Waals surface area contributed by atoms with E-state index in [1.807, 2.05) is 11.8 Å². The van der Waals surface area contributed by atoms with Gasteiger partial charge in [0.15, 0.2) is 0 Å². The zero-order valence-corrected chi connectivity index (χ0v) is 14.2. The molecule has 0 aliphatic carbocycles. The van der Waals surface area contributed by atoms with Gasteiger partial charge in [-0.1, -0.05) is 19.4 Å². The maximum Gasteiger partial charge on any atom is 0.320 e. The number of nitrogens with one attached hydrogen (secondary N) is 1. The number of thiophene rings is 1.